The number of carbonyl (C=O) groups is 1. The number of hydrogen-bond acceptors (Lipinski definition) is 5. The topological polar surface area (TPSA) is 75.1 Å². The normalized spacial score (nSPS) is 15.5. The van der Waals surface area contributed by atoms with Gasteiger partial charge in [-0.1, -0.05) is 6.07 Å². The molecule has 2 aromatic rings. The molecule has 23 heavy (non-hydrogen) atoms. The van der Waals surface area contributed by atoms with Crippen LogP contribution in [-0.4, -0.2) is 64.8 Å². The van der Waals surface area contributed by atoms with E-state index in [4.69, 9.17) is 0 Å². The van der Waals surface area contributed by atoms with E-state index in [0.29, 0.717) is 18.1 Å². The summed E-state index contributed by atoms with van der Waals surface area (Å²) in [5.41, 5.74) is 0.417. The van der Waals surface area contributed by atoms with E-state index in [0.717, 1.165) is 39.1 Å². The first-order valence-electron chi connectivity index (χ1n) is 8.01. The molecular formula is C16H22N6O. The van der Waals surface area contributed by atoms with Crippen molar-refractivity contribution in [2.45, 2.75) is 6.42 Å². The highest BCUT2D eigenvalue weighted by molar-refractivity contribution is 5.92. The van der Waals surface area contributed by atoms with Gasteiger partial charge >= 0.3 is 0 Å². The monoisotopic (exact) mass is 314 g/mol. The van der Waals surface area contributed by atoms with E-state index in [1.807, 2.05) is 18.2 Å². The van der Waals surface area contributed by atoms with E-state index < -0.39 is 0 Å². The third kappa shape index (κ3) is 4.37. The van der Waals surface area contributed by atoms with Crippen molar-refractivity contribution in [3.8, 4) is 5.82 Å². The van der Waals surface area contributed by atoms with Crippen molar-refractivity contribution >= 4 is 5.91 Å². The van der Waals surface area contributed by atoms with Crippen LogP contribution >= 0.6 is 0 Å². The molecule has 1 amide bonds. The second kappa shape index (κ2) is 7.85. The van der Waals surface area contributed by atoms with Crippen LogP contribution in [0.1, 0.15) is 16.9 Å². The molecule has 0 aromatic carbocycles. The van der Waals surface area contributed by atoms with Crippen LogP contribution in [0.4, 0.5) is 0 Å². The molecule has 1 aliphatic rings. The number of carbonyl (C=O) groups excluding carboxylic acids is 1. The Morgan fingerprint density at radius 3 is 2.91 bits per heavy atom. The molecular weight excluding hydrogens is 292 g/mol. The highest BCUT2D eigenvalue weighted by Crippen LogP contribution is 2.04. The Morgan fingerprint density at radius 2 is 2.13 bits per heavy atom. The molecule has 0 radical (unpaired) electrons. The summed E-state index contributed by atoms with van der Waals surface area (Å²) in [6, 6.07) is 7.19. The molecule has 2 aromatic heterocycles. The van der Waals surface area contributed by atoms with Crippen LogP contribution in [0.3, 0.4) is 0 Å². The molecule has 0 spiro atoms. The number of rotatable bonds is 6. The van der Waals surface area contributed by atoms with Gasteiger partial charge in [-0.3, -0.25) is 4.79 Å². The summed E-state index contributed by atoms with van der Waals surface area (Å²) in [7, 11) is 0. The summed E-state index contributed by atoms with van der Waals surface area (Å²) >= 11 is 0. The summed E-state index contributed by atoms with van der Waals surface area (Å²) in [5.74, 6) is 0.503. The minimum absolute atomic E-state index is 0.140. The van der Waals surface area contributed by atoms with Crippen LogP contribution in [-0.2, 0) is 0 Å². The van der Waals surface area contributed by atoms with Gasteiger partial charge in [-0.05, 0) is 31.2 Å². The molecule has 1 aliphatic heterocycles. The largest absolute Gasteiger partial charge is 0.351 e. The second-order valence-corrected chi connectivity index (χ2v) is 5.53. The molecule has 3 heterocycles. The van der Waals surface area contributed by atoms with E-state index in [-0.39, 0.29) is 5.91 Å². The lowest BCUT2D eigenvalue weighted by molar-refractivity contribution is 0.0946. The average Bonchev–Trinajstić information content (AvgIpc) is 3.14. The first-order valence-corrected chi connectivity index (χ1v) is 8.01. The molecule has 1 fully saturated rings. The Balaban J connectivity index is 1.47. The van der Waals surface area contributed by atoms with E-state index in [9.17, 15) is 4.79 Å². The summed E-state index contributed by atoms with van der Waals surface area (Å²) < 4.78 is 1.64. The number of nitrogens with one attached hydrogen (secondary N) is 2. The number of aromatic nitrogens is 3. The lowest BCUT2D eigenvalue weighted by atomic mass is 10.3. The van der Waals surface area contributed by atoms with Crippen molar-refractivity contribution in [1.29, 1.82) is 0 Å². The predicted octanol–water partition coefficient (Wildman–Crippen LogP) is 0.292. The van der Waals surface area contributed by atoms with Crippen LogP contribution in [0.15, 0.2) is 36.7 Å². The second-order valence-electron chi connectivity index (χ2n) is 5.53. The summed E-state index contributed by atoms with van der Waals surface area (Å²) in [6.45, 7) is 5.95. The maximum Gasteiger partial charge on any atom is 0.269 e. The van der Waals surface area contributed by atoms with Gasteiger partial charge < -0.3 is 15.5 Å². The number of nitrogens with zero attached hydrogens (tertiary/aromatic N) is 4. The van der Waals surface area contributed by atoms with E-state index >= 15 is 0 Å². The Hall–Kier alpha value is -2.25. The average molecular weight is 314 g/mol. The Morgan fingerprint density at radius 1 is 1.26 bits per heavy atom. The van der Waals surface area contributed by atoms with Crippen LogP contribution < -0.4 is 10.6 Å². The van der Waals surface area contributed by atoms with Crippen LogP contribution in [0.2, 0.25) is 0 Å². The highest BCUT2D eigenvalue weighted by atomic mass is 16.1. The molecule has 0 saturated carbocycles. The summed E-state index contributed by atoms with van der Waals surface area (Å²) in [6.07, 6.45) is 4.44. The zero-order chi connectivity index (χ0) is 15.9. The fourth-order valence-electron chi connectivity index (χ4n) is 2.61. The third-order valence-electron chi connectivity index (χ3n) is 3.85. The van der Waals surface area contributed by atoms with Gasteiger partial charge in [-0.25, -0.2) is 9.67 Å². The van der Waals surface area contributed by atoms with Crippen molar-refractivity contribution in [2.24, 2.45) is 0 Å². The molecule has 7 heteroatoms. The first-order chi connectivity index (χ1) is 11.3. The van der Waals surface area contributed by atoms with Crippen molar-refractivity contribution in [2.75, 3.05) is 39.3 Å². The lowest BCUT2D eigenvalue weighted by Gasteiger charge is -2.27. The Labute approximate surface area is 135 Å². The van der Waals surface area contributed by atoms with Gasteiger partial charge in [0.2, 0.25) is 0 Å². The highest BCUT2D eigenvalue weighted by Gasteiger charge is 2.10. The molecule has 2 N–H and O–H groups in total. The molecule has 0 atom stereocenters. The fourth-order valence-corrected chi connectivity index (χ4v) is 2.61. The molecule has 7 nitrogen and oxygen atoms in total. The Kier molecular flexibility index (Phi) is 5.33. The molecule has 0 bridgehead atoms. The maximum atomic E-state index is 12.2. The van der Waals surface area contributed by atoms with Gasteiger partial charge in [0.15, 0.2) is 5.82 Å². The van der Waals surface area contributed by atoms with Gasteiger partial charge in [0, 0.05) is 45.1 Å². The summed E-state index contributed by atoms with van der Waals surface area (Å²) in [4.78, 5) is 19.0. The zero-order valence-corrected chi connectivity index (χ0v) is 13.1. The van der Waals surface area contributed by atoms with Gasteiger partial charge in [0.1, 0.15) is 5.69 Å². The quantitative estimate of drug-likeness (QED) is 0.750. The van der Waals surface area contributed by atoms with E-state index in [2.05, 4.69) is 25.6 Å². The maximum absolute atomic E-state index is 12.2. The van der Waals surface area contributed by atoms with Gasteiger partial charge in [-0.15, -0.1) is 0 Å². The Bertz CT molecular complexity index is 621. The van der Waals surface area contributed by atoms with E-state index in [1.165, 1.54) is 0 Å². The standard InChI is InChI=1S/C16H22N6O/c23-16(18-6-2-10-21-12-8-17-9-13-21)14-4-1-5-15(20-14)22-11-3-7-19-22/h1,3-5,7,11,17H,2,6,8-10,12-13H2,(H,18,23). The molecule has 1 saturated heterocycles. The number of hydrogen-bond donors (Lipinski definition) is 2. The van der Waals surface area contributed by atoms with Crippen LogP contribution in [0, 0.1) is 0 Å². The molecule has 3 rings (SSSR count). The minimum atomic E-state index is -0.140. The van der Waals surface area contributed by atoms with Crippen LogP contribution in [0.25, 0.3) is 5.82 Å². The van der Waals surface area contributed by atoms with Gasteiger partial charge in [0.05, 0.1) is 0 Å². The lowest BCUT2D eigenvalue weighted by Crippen LogP contribution is -2.44. The first kappa shape index (κ1) is 15.6. The SMILES string of the molecule is O=C(NCCCN1CCNCC1)c1cccc(-n2cccn2)n1. The smallest absolute Gasteiger partial charge is 0.269 e. The van der Waals surface area contributed by atoms with Crippen molar-refractivity contribution < 1.29 is 4.79 Å². The zero-order valence-electron chi connectivity index (χ0n) is 13.1. The molecule has 122 valence electrons. The minimum Gasteiger partial charge on any atom is -0.351 e. The van der Waals surface area contributed by atoms with Crippen molar-refractivity contribution in [3.05, 3.63) is 42.4 Å². The number of pyridine rings is 1. The molecule has 0 aliphatic carbocycles. The van der Waals surface area contributed by atoms with Crippen LogP contribution in [0.5, 0.6) is 0 Å². The fraction of sp³-hybridized carbons (Fsp3) is 0.438. The number of piperazine rings is 1. The van der Waals surface area contributed by atoms with Gasteiger partial charge in [-0.2, -0.15) is 5.10 Å². The van der Waals surface area contributed by atoms with Crippen molar-refractivity contribution in [1.82, 2.24) is 30.3 Å². The number of amides is 1. The van der Waals surface area contributed by atoms with E-state index in [1.54, 1.807) is 23.1 Å². The van der Waals surface area contributed by atoms with Crippen molar-refractivity contribution in [3.63, 3.8) is 0 Å². The molecule has 0 unspecified atom stereocenters. The predicted molar refractivity (Wildman–Crippen MR) is 87.6 cm³/mol. The van der Waals surface area contributed by atoms with Gasteiger partial charge in [0.25, 0.3) is 5.91 Å². The third-order valence-corrected chi connectivity index (χ3v) is 3.85. The summed E-state index contributed by atoms with van der Waals surface area (Å²) in [5, 5.41) is 10.4.